The number of thiocarbonyl (C=S) groups is 1. The molecule has 2 aliphatic heterocycles. The minimum Gasteiger partial charge on any atom is -0.393 e. The Morgan fingerprint density at radius 2 is 1.90 bits per heavy atom. The second-order valence-electron chi connectivity index (χ2n) is 6.11. The molecule has 1 atom stereocenters. The molecule has 0 aromatic heterocycles. The van der Waals surface area contributed by atoms with Crippen molar-refractivity contribution < 1.29 is 8.42 Å². The van der Waals surface area contributed by atoms with Gasteiger partial charge in [0, 0.05) is 25.6 Å². The fourth-order valence-corrected chi connectivity index (χ4v) is 4.42. The molecule has 2 fully saturated rings. The highest BCUT2D eigenvalue weighted by Crippen LogP contribution is 2.23. The van der Waals surface area contributed by atoms with E-state index in [0.29, 0.717) is 29.9 Å². The maximum absolute atomic E-state index is 11.6. The maximum atomic E-state index is 11.6. The molecule has 2 saturated heterocycles. The van der Waals surface area contributed by atoms with E-state index >= 15 is 0 Å². The summed E-state index contributed by atoms with van der Waals surface area (Å²) in [5.74, 6) is 0.847. The summed E-state index contributed by atoms with van der Waals surface area (Å²) in [7, 11) is -3.04. The van der Waals surface area contributed by atoms with Crippen LogP contribution in [0.25, 0.3) is 0 Å². The summed E-state index contributed by atoms with van der Waals surface area (Å²) in [6.45, 7) is 4.40. The van der Waals surface area contributed by atoms with E-state index in [-0.39, 0.29) is 0 Å². The van der Waals surface area contributed by atoms with E-state index in [1.165, 1.54) is 6.26 Å². The highest BCUT2D eigenvalue weighted by molar-refractivity contribution is 7.88. The van der Waals surface area contributed by atoms with Gasteiger partial charge in [0.2, 0.25) is 10.0 Å². The summed E-state index contributed by atoms with van der Waals surface area (Å²) in [6, 6.07) is 0. The number of hydrogen-bond acceptors (Lipinski definition) is 4. The van der Waals surface area contributed by atoms with Crippen molar-refractivity contribution >= 4 is 27.2 Å². The third-order valence-electron chi connectivity index (χ3n) is 4.46. The van der Waals surface area contributed by atoms with Gasteiger partial charge in [0.25, 0.3) is 0 Å². The Morgan fingerprint density at radius 1 is 1.25 bits per heavy atom. The van der Waals surface area contributed by atoms with Crippen molar-refractivity contribution in [1.82, 2.24) is 9.21 Å². The van der Waals surface area contributed by atoms with Crippen LogP contribution in [0.3, 0.4) is 0 Å². The van der Waals surface area contributed by atoms with E-state index in [1.807, 2.05) is 0 Å². The van der Waals surface area contributed by atoms with Crippen molar-refractivity contribution in [2.24, 2.45) is 17.6 Å². The second-order valence-corrected chi connectivity index (χ2v) is 8.56. The summed E-state index contributed by atoms with van der Waals surface area (Å²) in [5, 5.41) is 0. The van der Waals surface area contributed by atoms with Crippen LogP contribution in [-0.4, -0.2) is 61.6 Å². The number of nitrogens with zero attached hydrogens (tertiary/aromatic N) is 2. The van der Waals surface area contributed by atoms with E-state index in [9.17, 15) is 8.42 Å². The Balaban J connectivity index is 1.81. The van der Waals surface area contributed by atoms with Crippen LogP contribution in [0.1, 0.15) is 25.7 Å². The smallest absolute Gasteiger partial charge is 0.211 e. The first-order chi connectivity index (χ1) is 9.36. The molecule has 0 aromatic rings. The minimum atomic E-state index is -3.04. The SMILES string of the molecule is CS(=O)(=O)N1CCCC(CN2CCC(C(N)=S)CC2)C1. The molecule has 0 bridgehead atoms. The van der Waals surface area contributed by atoms with Gasteiger partial charge in [-0.05, 0) is 44.7 Å². The summed E-state index contributed by atoms with van der Waals surface area (Å²) in [6.07, 6.45) is 5.49. The van der Waals surface area contributed by atoms with E-state index in [0.717, 1.165) is 45.3 Å². The topological polar surface area (TPSA) is 66.6 Å². The molecule has 0 amide bonds. The fraction of sp³-hybridized carbons (Fsp3) is 0.923. The lowest BCUT2D eigenvalue weighted by atomic mass is 9.94. The van der Waals surface area contributed by atoms with Gasteiger partial charge in [0.05, 0.1) is 11.2 Å². The fourth-order valence-electron chi connectivity index (χ4n) is 3.24. The van der Waals surface area contributed by atoms with Crippen LogP contribution in [0.5, 0.6) is 0 Å². The highest BCUT2D eigenvalue weighted by Gasteiger charge is 2.28. The van der Waals surface area contributed by atoms with Crippen molar-refractivity contribution in [3.8, 4) is 0 Å². The van der Waals surface area contributed by atoms with Crippen molar-refractivity contribution in [3.05, 3.63) is 0 Å². The molecular weight excluding hydrogens is 294 g/mol. The van der Waals surface area contributed by atoms with Crippen LogP contribution >= 0.6 is 12.2 Å². The Labute approximate surface area is 127 Å². The monoisotopic (exact) mass is 319 g/mol. The van der Waals surface area contributed by atoms with Crippen LogP contribution in [-0.2, 0) is 10.0 Å². The summed E-state index contributed by atoms with van der Waals surface area (Å²) < 4.78 is 24.9. The molecule has 2 aliphatic rings. The standard InChI is InChI=1S/C13H25N3O2S2/c1-20(17,18)16-6-2-3-11(10-16)9-15-7-4-12(5-8-15)13(14)19/h11-12H,2-10H2,1H3,(H2,14,19). The number of hydrogen-bond donors (Lipinski definition) is 1. The summed E-state index contributed by atoms with van der Waals surface area (Å²) >= 11 is 5.06. The average molecular weight is 319 g/mol. The molecule has 1 unspecified atom stereocenters. The number of nitrogens with two attached hydrogens (primary N) is 1. The van der Waals surface area contributed by atoms with Gasteiger partial charge in [-0.25, -0.2) is 12.7 Å². The predicted octanol–water partition coefficient (Wildman–Crippen LogP) is 0.656. The summed E-state index contributed by atoms with van der Waals surface area (Å²) in [4.78, 5) is 3.08. The Hall–Kier alpha value is -0.240. The van der Waals surface area contributed by atoms with Crippen molar-refractivity contribution in [2.75, 3.05) is 39.0 Å². The number of sulfonamides is 1. The largest absolute Gasteiger partial charge is 0.393 e. The van der Waals surface area contributed by atoms with Gasteiger partial charge in [0.1, 0.15) is 0 Å². The molecule has 0 aliphatic carbocycles. The molecule has 0 spiro atoms. The zero-order valence-electron chi connectivity index (χ0n) is 12.1. The second kappa shape index (κ2) is 6.68. The molecule has 0 aromatic carbocycles. The molecule has 0 radical (unpaired) electrons. The van der Waals surface area contributed by atoms with E-state index in [1.54, 1.807) is 4.31 Å². The third-order valence-corrected chi connectivity index (χ3v) is 6.06. The van der Waals surface area contributed by atoms with Crippen molar-refractivity contribution in [3.63, 3.8) is 0 Å². The molecule has 116 valence electrons. The zero-order valence-corrected chi connectivity index (χ0v) is 13.8. The first-order valence-corrected chi connectivity index (χ1v) is 9.58. The zero-order chi connectivity index (χ0) is 14.8. The van der Waals surface area contributed by atoms with Gasteiger partial charge in [-0.2, -0.15) is 0 Å². The third kappa shape index (κ3) is 4.38. The Morgan fingerprint density at radius 3 is 2.45 bits per heavy atom. The molecular formula is C13H25N3O2S2. The van der Waals surface area contributed by atoms with E-state index in [2.05, 4.69) is 4.90 Å². The lowest BCUT2D eigenvalue weighted by Crippen LogP contribution is -2.45. The average Bonchev–Trinajstić information content (AvgIpc) is 2.38. The van der Waals surface area contributed by atoms with Gasteiger partial charge in [-0.1, -0.05) is 12.2 Å². The van der Waals surface area contributed by atoms with Gasteiger partial charge < -0.3 is 10.6 Å². The first kappa shape index (κ1) is 16.1. The predicted molar refractivity (Wildman–Crippen MR) is 85.1 cm³/mol. The first-order valence-electron chi connectivity index (χ1n) is 7.33. The Kier molecular flexibility index (Phi) is 5.39. The van der Waals surface area contributed by atoms with Crippen LogP contribution in [0.15, 0.2) is 0 Å². The molecule has 7 heteroatoms. The van der Waals surface area contributed by atoms with E-state index < -0.39 is 10.0 Å². The van der Waals surface area contributed by atoms with Crippen molar-refractivity contribution in [2.45, 2.75) is 25.7 Å². The summed E-state index contributed by atoms with van der Waals surface area (Å²) in [5.41, 5.74) is 5.70. The molecule has 20 heavy (non-hydrogen) atoms. The van der Waals surface area contributed by atoms with E-state index in [4.69, 9.17) is 18.0 Å². The van der Waals surface area contributed by atoms with Crippen molar-refractivity contribution in [1.29, 1.82) is 0 Å². The number of piperidine rings is 2. The molecule has 2 heterocycles. The normalized spacial score (nSPS) is 27.6. The lowest BCUT2D eigenvalue weighted by molar-refractivity contribution is 0.149. The highest BCUT2D eigenvalue weighted by atomic mass is 32.2. The minimum absolute atomic E-state index is 0.389. The van der Waals surface area contributed by atoms with Crippen LogP contribution in [0, 0.1) is 11.8 Å². The van der Waals surface area contributed by atoms with Gasteiger partial charge in [-0.3, -0.25) is 0 Å². The molecule has 5 nitrogen and oxygen atoms in total. The quantitative estimate of drug-likeness (QED) is 0.771. The van der Waals surface area contributed by atoms with Gasteiger partial charge >= 0.3 is 0 Å². The molecule has 2 N–H and O–H groups in total. The number of rotatable bonds is 4. The lowest BCUT2D eigenvalue weighted by Gasteiger charge is -2.37. The maximum Gasteiger partial charge on any atom is 0.211 e. The van der Waals surface area contributed by atoms with Gasteiger partial charge in [-0.15, -0.1) is 0 Å². The molecule has 0 saturated carbocycles. The van der Waals surface area contributed by atoms with Crippen LogP contribution < -0.4 is 5.73 Å². The van der Waals surface area contributed by atoms with Crippen LogP contribution in [0.2, 0.25) is 0 Å². The van der Waals surface area contributed by atoms with Gasteiger partial charge in [0.15, 0.2) is 0 Å². The molecule has 2 rings (SSSR count). The Bertz CT molecular complexity index is 445. The number of likely N-dealkylation sites (tertiary alicyclic amines) is 1. The van der Waals surface area contributed by atoms with Crippen LogP contribution in [0.4, 0.5) is 0 Å².